The predicted molar refractivity (Wildman–Crippen MR) is 50.0 cm³/mol. The van der Waals surface area contributed by atoms with Gasteiger partial charge in [-0.2, -0.15) is 12.7 Å². The number of hydrogen-bond acceptors (Lipinski definition) is 3. The molecule has 1 saturated heterocycles. The first-order chi connectivity index (χ1) is 6.34. The van der Waals surface area contributed by atoms with Crippen LogP contribution in [0.25, 0.3) is 0 Å². The van der Waals surface area contributed by atoms with E-state index in [2.05, 4.69) is 4.72 Å². The Morgan fingerprint density at radius 2 is 2.14 bits per heavy atom. The van der Waals surface area contributed by atoms with Crippen molar-refractivity contribution in [2.24, 2.45) is 0 Å². The molecule has 0 aromatic heterocycles. The zero-order chi connectivity index (χ0) is 11.0. The van der Waals surface area contributed by atoms with Gasteiger partial charge in [-0.1, -0.05) is 0 Å². The molecule has 0 aromatic carbocycles. The average Bonchev–Trinajstić information content (AvgIpc) is 2.49. The van der Waals surface area contributed by atoms with Gasteiger partial charge in [0, 0.05) is 13.6 Å². The predicted octanol–water partition coefficient (Wildman–Crippen LogP) is -0.610. The first kappa shape index (κ1) is 11.4. The Morgan fingerprint density at radius 3 is 2.57 bits per heavy atom. The van der Waals surface area contributed by atoms with Crippen LogP contribution in [0.1, 0.15) is 19.8 Å². The van der Waals surface area contributed by atoms with Gasteiger partial charge in [-0.05, 0) is 19.8 Å². The molecule has 1 unspecified atom stereocenters. The Labute approximate surface area is 83.1 Å². The van der Waals surface area contributed by atoms with E-state index in [1.54, 1.807) is 0 Å². The van der Waals surface area contributed by atoms with Crippen molar-refractivity contribution in [1.82, 2.24) is 9.03 Å². The molecule has 82 valence electrons. The first-order valence-electron chi connectivity index (χ1n) is 4.29. The summed E-state index contributed by atoms with van der Waals surface area (Å²) in [6.07, 6.45) is 0.924. The number of carboxylic acid groups (broad SMARTS) is 1. The van der Waals surface area contributed by atoms with Gasteiger partial charge in [0.15, 0.2) is 0 Å². The van der Waals surface area contributed by atoms with E-state index in [0.29, 0.717) is 12.8 Å². The largest absolute Gasteiger partial charge is 0.480 e. The Bertz CT molecular complexity index is 340. The number of aliphatic carboxylic acids is 1. The van der Waals surface area contributed by atoms with E-state index in [1.807, 2.05) is 0 Å². The molecule has 6 nitrogen and oxygen atoms in total. The van der Waals surface area contributed by atoms with Crippen molar-refractivity contribution in [3.8, 4) is 0 Å². The van der Waals surface area contributed by atoms with Gasteiger partial charge in [-0.3, -0.25) is 4.79 Å². The molecule has 0 bridgehead atoms. The molecule has 0 spiro atoms. The Morgan fingerprint density at radius 1 is 1.57 bits per heavy atom. The van der Waals surface area contributed by atoms with Crippen molar-refractivity contribution >= 4 is 16.2 Å². The molecule has 1 aliphatic rings. The van der Waals surface area contributed by atoms with Gasteiger partial charge >= 0.3 is 5.97 Å². The van der Waals surface area contributed by atoms with Crippen molar-refractivity contribution in [3.05, 3.63) is 0 Å². The number of hydrogen-bond donors (Lipinski definition) is 2. The zero-order valence-electron chi connectivity index (χ0n) is 8.15. The highest BCUT2D eigenvalue weighted by molar-refractivity contribution is 7.87. The molecular weight excluding hydrogens is 208 g/mol. The summed E-state index contributed by atoms with van der Waals surface area (Å²) >= 11 is 0. The monoisotopic (exact) mass is 222 g/mol. The third-order valence-electron chi connectivity index (χ3n) is 2.58. The number of nitrogens with zero attached hydrogens (tertiary/aromatic N) is 1. The minimum atomic E-state index is -3.65. The summed E-state index contributed by atoms with van der Waals surface area (Å²) in [6.45, 7) is 1.68. The van der Waals surface area contributed by atoms with E-state index in [0.717, 1.165) is 4.31 Å². The van der Waals surface area contributed by atoms with E-state index in [-0.39, 0.29) is 6.54 Å². The fraction of sp³-hybridized carbons (Fsp3) is 0.857. The van der Waals surface area contributed by atoms with Crippen molar-refractivity contribution in [2.45, 2.75) is 25.3 Å². The summed E-state index contributed by atoms with van der Waals surface area (Å²) in [5.41, 5.74) is -1.30. The van der Waals surface area contributed by atoms with Crippen LogP contribution >= 0.6 is 0 Å². The van der Waals surface area contributed by atoms with Gasteiger partial charge in [0.2, 0.25) is 0 Å². The highest BCUT2D eigenvalue weighted by atomic mass is 32.2. The van der Waals surface area contributed by atoms with E-state index in [4.69, 9.17) is 5.11 Å². The molecule has 1 fully saturated rings. The molecule has 0 radical (unpaired) electrons. The SMILES string of the molecule is CNS(=O)(=O)N1CCCC1(C)C(=O)O. The van der Waals surface area contributed by atoms with Crippen molar-refractivity contribution in [1.29, 1.82) is 0 Å². The quantitative estimate of drug-likeness (QED) is 0.667. The molecule has 0 saturated carbocycles. The lowest BCUT2D eigenvalue weighted by Gasteiger charge is -2.29. The van der Waals surface area contributed by atoms with Crippen LogP contribution < -0.4 is 4.72 Å². The topological polar surface area (TPSA) is 86.7 Å². The van der Waals surface area contributed by atoms with E-state index in [1.165, 1.54) is 14.0 Å². The van der Waals surface area contributed by atoms with E-state index in [9.17, 15) is 13.2 Å². The zero-order valence-corrected chi connectivity index (χ0v) is 8.97. The number of nitrogens with one attached hydrogen (secondary N) is 1. The molecule has 0 aromatic rings. The lowest BCUT2D eigenvalue weighted by molar-refractivity contribution is -0.146. The highest BCUT2D eigenvalue weighted by Gasteiger charge is 2.48. The van der Waals surface area contributed by atoms with Gasteiger partial charge in [-0.25, -0.2) is 4.72 Å². The normalized spacial score (nSPS) is 29.3. The minimum absolute atomic E-state index is 0.256. The van der Waals surface area contributed by atoms with Gasteiger partial charge < -0.3 is 5.11 Å². The van der Waals surface area contributed by atoms with Crippen molar-refractivity contribution < 1.29 is 18.3 Å². The van der Waals surface area contributed by atoms with E-state index < -0.39 is 21.7 Å². The second-order valence-corrected chi connectivity index (χ2v) is 5.26. The van der Waals surface area contributed by atoms with Crippen LogP contribution in [-0.4, -0.2) is 42.9 Å². The van der Waals surface area contributed by atoms with Crippen molar-refractivity contribution in [3.63, 3.8) is 0 Å². The van der Waals surface area contributed by atoms with Crippen LogP contribution in [-0.2, 0) is 15.0 Å². The maximum absolute atomic E-state index is 11.5. The lowest BCUT2D eigenvalue weighted by Crippen LogP contribution is -2.53. The second kappa shape index (κ2) is 3.48. The van der Waals surface area contributed by atoms with Crippen LogP contribution in [0, 0.1) is 0 Å². The standard InChI is InChI=1S/C7H14N2O4S/c1-7(6(10)11)4-3-5-9(7)14(12,13)8-2/h8H,3-5H2,1-2H3,(H,10,11). The number of carboxylic acids is 1. The smallest absolute Gasteiger partial charge is 0.324 e. The summed E-state index contributed by atoms with van der Waals surface area (Å²) in [7, 11) is -2.37. The number of rotatable bonds is 3. The fourth-order valence-electron chi connectivity index (χ4n) is 1.65. The van der Waals surface area contributed by atoms with Crippen LogP contribution in [0.5, 0.6) is 0 Å². The first-order valence-corrected chi connectivity index (χ1v) is 5.73. The van der Waals surface area contributed by atoms with Gasteiger partial charge in [0.05, 0.1) is 0 Å². The molecule has 1 atom stereocenters. The summed E-state index contributed by atoms with van der Waals surface area (Å²) in [4.78, 5) is 11.0. The van der Waals surface area contributed by atoms with Gasteiger partial charge in [0.25, 0.3) is 10.2 Å². The van der Waals surface area contributed by atoms with Gasteiger partial charge in [0.1, 0.15) is 5.54 Å². The summed E-state index contributed by atoms with van der Waals surface area (Å²) in [5, 5.41) is 8.97. The Kier molecular flexibility index (Phi) is 2.84. The molecular formula is C7H14N2O4S. The average molecular weight is 222 g/mol. The van der Waals surface area contributed by atoms with E-state index >= 15 is 0 Å². The Hall–Kier alpha value is -0.660. The number of carbonyl (C=O) groups is 1. The molecule has 0 amide bonds. The third-order valence-corrected chi connectivity index (χ3v) is 4.27. The molecule has 1 heterocycles. The lowest BCUT2D eigenvalue weighted by atomic mass is 10.0. The highest BCUT2D eigenvalue weighted by Crippen LogP contribution is 2.31. The van der Waals surface area contributed by atoms with Crippen LogP contribution in [0.3, 0.4) is 0 Å². The molecule has 1 aliphatic heterocycles. The molecule has 2 N–H and O–H groups in total. The minimum Gasteiger partial charge on any atom is -0.480 e. The van der Waals surface area contributed by atoms with Crippen LogP contribution in [0.2, 0.25) is 0 Å². The van der Waals surface area contributed by atoms with Crippen LogP contribution in [0.4, 0.5) is 0 Å². The summed E-state index contributed by atoms with van der Waals surface area (Å²) in [6, 6.07) is 0. The summed E-state index contributed by atoms with van der Waals surface area (Å²) < 4.78 is 26.1. The molecule has 1 rings (SSSR count). The maximum Gasteiger partial charge on any atom is 0.324 e. The van der Waals surface area contributed by atoms with Gasteiger partial charge in [-0.15, -0.1) is 0 Å². The third kappa shape index (κ3) is 1.62. The molecule has 0 aliphatic carbocycles. The fourth-order valence-corrected chi connectivity index (χ4v) is 2.94. The van der Waals surface area contributed by atoms with Crippen molar-refractivity contribution in [2.75, 3.05) is 13.6 Å². The second-order valence-electron chi connectivity index (χ2n) is 3.46. The van der Waals surface area contributed by atoms with Crippen LogP contribution in [0.15, 0.2) is 0 Å². The summed E-state index contributed by atoms with van der Waals surface area (Å²) in [5.74, 6) is -1.10. The Balaban J connectivity index is 3.07. The molecule has 7 heteroatoms. The maximum atomic E-state index is 11.5. The molecule has 14 heavy (non-hydrogen) atoms.